The molecule has 180 valence electrons. The number of anilines is 3. The summed E-state index contributed by atoms with van der Waals surface area (Å²) in [5.41, 5.74) is 5.49. The molecule has 1 aliphatic heterocycles. The number of hydrogen-bond acceptors (Lipinski definition) is 5. The first-order valence-electron chi connectivity index (χ1n) is 12.4. The van der Waals surface area contributed by atoms with Gasteiger partial charge in [-0.3, -0.25) is 0 Å². The highest BCUT2D eigenvalue weighted by atomic mass is 16.5. The molecule has 0 saturated carbocycles. The lowest BCUT2D eigenvalue weighted by Gasteiger charge is -2.28. The Labute approximate surface area is 208 Å². The van der Waals surface area contributed by atoms with Gasteiger partial charge in [-0.2, -0.15) is 0 Å². The van der Waals surface area contributed by atoms with Crippen LogP contribution in [0.5, 0.6) is 0 Å². The molecule has 2 heterocycles. The standard InChI is InChI=1S/C30H34N4O/c1-29(2)12-11-23(20-30(3,4)14-13-29)22-5-10-27-26(19-22)28(32-21-31-27)33-24-6-8-25(9-7-24)34-15-17-35-18-16-34/h5-14,19-21H,15-18H2,1-4H3,(H,31,32,33)/b12-11-,14-13-,23-20+. The topological polar surface area (TPSA) is 50.3 Å². The molecule has 35 heavy (non-hydrogen) atoms. The molecular formula is C30H34N4O. The largest absolute Gasteiger partial charge is 0.378 e. The molecule has 1 saturated heterocycles. The summed E-state index contributed by atoms with van der Waals surface area (Å²) in [5, 5.41) is 4.52. The van der Waals surface area contributed by atoms with Gasteiger partial charge in [0.25, 0.3) is 0 Å². The minimum atomic E-state index is -0.0389. The van der Waals surface area contributed by atoms with Gasteiger partial charge < -0.3 is 15.0 Å². The Balaban J connectivity index is 1.46. The van der Waals surface area contributed by atoms with Crippen LogP contribution < -0.4 is 10.2 Å². The first kappa shape index (κ1) is 23.3. The third-order valence-electron chi connectivity index (χ3n) is 6.64. The second-order valence-corrected chi connectivity index (χ2v) is 10.6. The fourth-order valence-electron chi connectivity index (χ4n) is 4.52. The second kappa shape index (κ2) is 9.31. The summed E-state index contributed by atoms with van der Waals surface area (Å²) < 4.78 is 5.47. The minimum Gasteiger partial charge on any atom is -0.378 e. The SMILES string of the molecule is CC1(C)/C=C\C(c2ccc3ncnc(Nc4ccc(N5CCOCC5)cc4)c3c2)=C/C(C)(C)/C=C\1. The summed E-state index contributed by atoms with van der Waals surface area (Å²) in [4.78, 5) is 11.5. The molecule has 1 N–H and O–H groups in total. The monoisotopic (exact) mass is 466 g/mol. The Kier molecular flexibility index (Phi) is 6.20. The summed E-state index contributed by atoms with van der Waals surface area (Å²) in [6.45, 7) is 12.4. The number of aromatic nitrogens is 2. The van der Waals surface area contributed by atoms with Crippen molar-refractivity contribution in [2.24, 2.45) is 10.8 Å². The van der Waals surface area contributed by atoms with Crippen molar-refractivity contribution in [1.29, 1.82) is 0 Å². The van der Waals surface area contributed by atoms with Crippen LogP contribution in [-0.4, -0.2) is 36.3 Å². The maximum absolute atomic E-state index is 5.47. The lowest BCUT2D eigenvalue weighted by Crippen LogP contribution is -2.36. The van der Waals surface area contributed by atoms with Crippen LogP contribution in [0.25, 0.3) is 16.5 Å². The predicted octanol–water partition coefficient (Wildman–Crippen LogP) is 6.77. The highest BCUT2D eigenvalue weighted by Gasteiger charge is 2.19. The smallest absolute Gasteiger partial charge is 0.141 e. The molecule has 1 fully saturated rings. The third-order valence-corrected chi connectivity index (χ3v) is 6.64. The van der Waals surface area contributed by atoms with E-state index in [0.29, 0.717) is 0 Å². The average Bonchev–Trinajstić information content (AvgIpc) is 2.86. The molecule has 5 heteroatoms. The maximum atomic E-state index is 5.47. The van der Waals surface area contributed by atoms with Gasteiger partial charge in [-0.25, -0.2) is 9.97 Å². The number of ether oxygens (including phenoxy) is 1. The number of benzene rings is 2. The van der Waals surface area contributed by atoms with E-state index in [1.165, 1.54) is 11.3 Å². The molecule has 0 radical (unpaired) electrons. The van der Waals surface area contributed by atoms with Crippen LogP contribution in [0, 0.1) is 10.8 Å². The number of allylic oxidation sites excluding steroid dienone is 6. The van der Waals surface area contributed by atoms with Gasteiger partial charge in [0, 0.05) is 40.7 Å². The van der Waals surface area contributed by atoms with Crippen molar-refractivity contribution < 1.29 is 4.74 Å². The lowest BCUT2D eigenvalue weighted by molar-refractivity contribution is 0.122. The summed E-state index contributed by atoms with van der Waals surface area (Å²) in [6.07, 6.45) is 13.1. The van der Waals surface area contributed by atoms with Crippen LogP contribution in [-0.2, 0) is 4.74 Å². The molecule has 1 aliphatic carbocycles. The number of hydrogen-bond donors (Lipinski definition) is 1. The fraction of sp³-hybridized carbons (Fsp3) is 0.333. The van der Waals surface area contributed by atoms with E-state index in [-0.39, 0.29) is 10.8 Å². The molecule has 0 unspecified atom stereocenters. The zero-order valence-electron chi connectivity index (χ0n) is 21.1. The van der Waals surface area contributed by atoms with E-state index in [4.69, 9.17) is 4.74 Å². The zero-order valence-corrected chi connectivity index (χ0v) is 21.1. The van der Waals surface area contributed by atoms with Gasteiger partial charge >= 0.3 is 0 Å². The van der Waals surface area contributed by atoms with Gasteiger partial charge in [0.2, 0.25) is 0 Å². The predicted molar refractivity (Wildman–Crippen MR) is 146 cm³/mol. The van der Waals surface area contributed by atoms with Gasteiger partial charge in [-0.1, -0.05) is 64.1 Å². The summed E-state index contributed by atoms with van der Waals surface area (Å²) >= 11 is 0. The molecule has 0 atom stereocenters. The van der Waals surface area contributed by atoms with E-state index in [0.717, 1.165) is 54.3 Å². The summed E-state index contributed by atoms with van der Waals surface area (Å²) in [7, 11) is 0. The lowest BCUT2D eigenvalue weighted by atomic mass is 9.81. The van der Waals surface area contributed by atoms with Crippen molar-refractivity contribution in [3.8, 4) is 0 Å². The van der Waals surface area contributed by atoms with E-state index in [9.17, 15) is 0 Å². The Morgan fingerprint density at radius 1 is 0.857 bits per heavy atom. The van der Waals surface area contributed by atoms with E-state index in [1.807, 2.05) is 0 Å². The molecule has 1 aromatic heterocycles. The van der Waals surface area contributed by atoms with Crippen LogP contribution in [0.1, 0.15) is 33.3 Å². The van der Waals surface area contributed by atoms with Crippen LogP contribution in [0.3, 0.4) is 0 Å². The van der Waals surface area contributed by atoms with Crippen molar-refractivity contribution in [3.63, 3.8) is 0 Å². The van der Waals surface area contributed by atoms with Gasteiger partial charge in [0.1, 0.15) is 12.1 Å². The molecule has 5 rings (SSSR count). The van der Waals surface area contributed by atoms with Crippen molar-refractivity contribution in [2.45, 2.75) is 27.7 Å². The zero-order chi connectivity index (χ0) is 24.5. The summed E-state index contributed by atoms with van der Waals surface area (Å²) in [5.74, 6) is 0.811. The molecule has 0 bridgehead atoms. The molecule has 0 amide bonds. The number of rotatable bonds is 4. The van der Waals surface area contributed by atoms with Crippen molar-refractivity contribution in [2.75, 3.05) is 36.5 Å². The molecule has 2 aromatic carbocycles. The molecule has 0 spiro atoms. The van der Waals surface area contributed by atoms with Crippen LogP contribution in [0.2, 0.25) is 0 Å². The third kappa shape index (κ3) is 5.46. The first-order chi connectivity index (χ1) is 16.8. The molecule has 3 aromatic rings. The van der Waals surface area contributed by atoms with E-state index in [1.54, 1.807) is 6.33 Å². The Morgan fingerprint density at radius 3 is 2.37 bits per heavy atom. The van der Waals surface area contributed by atoms with E-state index < -0.39 is 0 Å². The number of fused-ring (bicyclic) bond motifs is 1. The van der Waals surface area contributed by atoms with Crippen LogP contribution >= 0.6 is 0 Å². The number of nitrogens with one attached hydrogen (secondary N) is 1. The van der Waals surface area contributed by atoms with Crippen molar-refractivity contribution in [1.82, 2.24) is 9.97 Å². The van der Waals surface area contributed by atoms with Gasteiger partial charge in [-0.15, -0.1) is 0 Å². The minimum absolute atomic E-state index is 0.0108. The highest BCUT2D eigenvalue weighted by Crippen LogP contribution is 2.35. The average molecular weight is 467 g/mol. The maximum Gasteiger partial charge on any atom is 0.141 e. The van der Waals surface area contributed by atoms with Gasteiger partial charge in [0.15, 0.2) is 0 Å². The van der Waals surface area contributed by atoms with Gasteiger partial charge in [-0.05, 0) is 47.5 Å². The molecule has 5 nitrogen and oxygen atoms in total. The first-order valence-corrected chi connectivity index (χ1v) is 12.4. The number of morpholine rings is 1. The van der Waals surface area contributed by atoms with Crippen molar-refractivity contribution in [3.05, 3.63) is 84.7 Å². The Morgan fingerprint density at radius 2 is 1.60 bits per heavy atom. The Hall–Kier alpha value is -3.44. The molecule has 2 aliphatic rings. The van der Waals surface area contributed by atoms with Gasteiger partial charge in [0.05, 0.1) is 18.7 Å². The fourth-order valence-corrected chi connectivity index (χ4v) is 4.52. The number of nitrogens with zero attached hydrogens (tertiary/aromatic N) is 3. The highest BCUT2D eigenvalue weighted by molar-refractivity contribution is 5.94. The Bertz CT molecular complexity index is 1300. The van der Waals surface area contributed by atoms with Crippen LogP contribution in [0.15, 0.2) is 79.2 Å². The summed E-state index contributed by atoms with van der Waals surface area (Å²) in [6, 6.07) is 15.0. The van der Waals surface area contributed by atoms with Crippen LogP contribution in [0.4, 0.5) is 17.2 Å². The van der Waals surface area contributed by atoms with E-state index in [2.05, 4.69) is 121 Å². The molecular weight excluding hydrogens is 432 g/mol. The van der Waals surface area contributed by atoms with Crippen molar-refractivity contribution >= 4 is 33.7 Å². The second-order valence-electron chi connectivity index (χ2n) is 10.6. The quantitative estimate of drug-likeness (QED) is 0.430. The normalized spacial score (nSPS) is 22.5. The van der Waals surface area contributed by atoms with E-state index >= 15 is 0 Å².